The topological polar surface area (TPSA) is 102 Å². The van der Waals surface area contributed by atoms with Crippen LogP contribution >= 0.6 is 0 Å². The Kier molecular flexibility index (Phi) is 6.52. The summed E-state index contributed by atoms with van der Waals surface area (Å²) >= 11 is 0. The van der Waals surface area contributed by atoms with E-state index in [1.807, 2.05) is 31.2 Å². The Bertz CT molecular complexity index is 445. The zero-order chi connectivity index (χ0) is 15.0. The van der Waals surface area contributed by atoms with Crippen LogP contribution in [0.3, 0.4) is 0 Å². The van der Waals surface area contributed by atoms with Crippen molar-refractivity contribution in [1.82, 2.24) is 5.32 Å². The molecule has 0 aromatic heterocycles. The summed E-state index contributed by atoms with van der Waals surface area (Å²) in [6.45, 7) is 2.92. The maximum Gasteiger partial charge on any atom is 0.320 e. The van der Waals surface area contributed by atoms with E-state index in [4.69, 9.17) is 15.6 Å². The van der Waals surface area contributed by atoms with Crippen LogP contribution in [0, 0.1) is 0 Å². The van der Waals surface area contributed by atoms with Crippen LogP contribution in [0.15, 0.2) is 24.3 Å². The molecule has 110 valence electrons. The summed E-state index contributed by atoms with van der Waals surface area (Å²) in [6.07, 6.45) is 0.231. The van der Waals surface area contributed by atoms with Crippen LogP contribution in [-0.4, -0.2) is 29.6 Å². The first kappa shape index (κ1) is 16.0. The van der Waals surface area contributed by atoms with E-state index in [2.05, 4.69) is 5.32 Å². The molecule has 0 aliphatic carbocycles. The summed E-state index contributed by atoms with van der Waals surface area (Å²) in [4.78, 5) is 21.7. The highest BCUT2D eigenvalue weighted by atomic mass is 16.5. The molecule has 6 nitrogen and oxygen atoms in total. The average Bonchev–Trinajstić information content (AvgIpc) is 2.40. The molecule has 1 amide bonds. The summed E-state index contributed by atoms with van der Waals surface area (Å²) in [5.41, 5.74) is 5.96. The SMILES string of the molecule is CCOc1ccc(CNC(CCC(N)=O)C(=O)O)cc1. The first-order chi connectivity index (χ1) is 9.52. The lowest BCUT2D eigenvalue weighted by molar-refractivity contribution is -0.139. The van der Waals surface area contributed by atoms with Gasteiger partial charge in [0.15, 0.2) is 0 Å². The molecule has 0 saturated heterocycles. The lowest BCUT2D eigenvalue weighted by Crippen LogP contribution is -2.37. The zero-order valence-electron chi connectivity index (χ0n) is 11.5. The standard InChI is InChI=1S/C14H20N2O4/c1-2-20-11-5-3-10(4-6-11)9-16-12(14(18)19)7-8-13(15)17/h3-6,12,16H,2,7-9H2,1H3,(H2,15,17)(H,18,19). The Labute approximate surface area is 117 Å². The molecule has 4 N–H and O–H groups in total. The number of rotatable bonds is 9. The van der Waals surface area contributed by atoms with Crippen LogP contribution in [0.5, 0.6) is 5.75 Å². The molecule has 0 saturated carbocycles. The summed E-state index contributed by atoms with van der Waals surface area (Å²) in [6, 6.07) is 6.61. The van der Waals surface area contributed by atoms with Gasteiger partial charge in [0.05, 0.1) is 6.61 Å². The summed E-state index contributed by atoms with van der Waals surface area (Å²) in [5, 5.41) is 11.9. The molecule has 1 atom stereocenters. The Morgan fingerprint density at radius 1 is 1.35 bits per heavy atom. The minimum absolute atomic E-state index is 0.0489. The van der Waals surface area contributed by atoms with Gasteiger partial charge in [-0.25, -0.2) is 0 Å². The van der Waals surface area contributed by atoms with Gasteiger partial charge in [-0.1, -0.05) is 12.1 Å². The fourth-order valence-electron chi connectivity index (χ4n) is 1.71. The van der Waals surface area contributed by atoms with E-state index in [0.717, 1.165) is 11.3 Å². The summed E-state index contributed by atoms with van der Waals surface area (Å²) in [5.74, 6) is -0.712. The van der Waals surface area contributed by atoms with E-state index < -0.39 is 17.9 Å². The number of primary amides is 1. The highest BCUT2D eigenvalue weighted by molar-refractivity contribution is 5.77. The average molecular weight is 280 g/mol. The Balaban J connectivity index is 2.49. The van der Waals surface area contributed by atoms with Crippen molar-refractivity contribution in [2.24, 2.45) is 5.73 Å². The molecule has 1 aromatic rings. The maximum absolute atomic E-state index is 11.0. The van der Waals surface area contributed by atoms with Crippen LogP contribution in [0.4, 0.5) is 0 Å². The van der Waals surface area contributed by atoms with Crippen LogP contribution in [0.1, 0.15) is 25.3 Å². The fourth-order valence-corrected chi connectivity index (χ4v) is 1.71. The summed E-state index contributed by atoms with van der Waals surface area (Å²) in [7, 11) is 0. The molecule has 1 aromatic carbocycles. The Morgan fingerprint density at radius 2 is 2.00 bits per heavy atom. The van der Waals surface area contributed by atoms with E-state index >= 15 is 0 Å². The normalized spacial score (nSPS) is 11.8. The maximum atomic E-state index is 11.0. The number of amides is 1. The van der Waals surface area contributed by atoms with Crippen LogP contribution in [0.25, 0.3) is 0 Å². The highest BCUT2D eigenvalue weighted by Gasteiger charge is 2.17. The van der Waals surface area contributed by atoms with Crippen molar-refractivity contribution in [2.45, 2.75) is 32.4 Å². The third kappa shape index (κ3) is 5.71. The summed E-state index contributed by atoms with van der Waals surface area (Å²) < 4.78 is 5.32. The predicted molar refractivity (Wildman–Crippen MR) is 74.3 cm³/mol. The van der Waals surface area contributed by atoms with Crippen molar-refractivity contribution in [3.63, 3.8) is 0 Å². The molecular formula is C14H20N2O4. The number of carboxylic acids is 1. The second-order valence-electron chi connectivity index (χ2n) is 4.35. The van der Waals surface area contributed by atoms with E-state index in [-0.39, 0.29) is 12.8 Å². The number of hydrogen-bond acceptors (Lipinski definition) is 4. The molecule has 1 unspecified atom stereocenters. The van der Waals surface area contributed by atoms with Gasteiger partial charge in [0.1, 0.15) is 11.8 Å². The number of nitrogens with one attached hydrogen (secondary N) is 1. The molecule has 0 heterocycles. The molecule has 0 fully saturated rings. The Morgan fingerprint density at radius 3 is 2.50 bits per heavy atom. The zero-order valence-corrected chi connectivity index (χ0v) is 11.5. The van der Waals surface area contributed by atoms with E-state index in [0.29, 0.717) is 13.2 Å². The molecule has 0 aliphatic rings. The predicted octanol–water partition coefficient (Wildman–Crippen LogP) is 0.894. The minimum atomic E-state index is -0.989. The second kappa shape index (κ2) is 8.16. The minimum Gasteiger partial charge on any atom is -0.494 e. The molecule has 6 heteroatoms. The van der Waals surface area contributed by atoms with Gasteiger partial charge in [-0.2, -0.15) is 0 Å². The number of carbonyl (C=O) groups is 2. The number of benzene rings is 1. The van der Waals surface area contributed by atoms with Crippen molar-refractivity contribution in [1.29, 1.82) is 0 Å². The van der Waals surface area contributed by atoms with E-state index in [9.17, 15) is 9.59 Å². The molecule has 20 heavy (non-hydrogen) atoms. The van der Waals surface area contributed by atoms with E-state index in [1.54, 1.807) is 0 Å². The van der Waals surface area contributed by atoms with Crippen LogP contribution < -0.4 is 15.8 Å². The van der Waals surface area contributed by atoms with Gasteiger partial charge in [-0.15, -0.1) is 0 Å². The first-order valence-corrected chi connectivity index (χ1v) is 6.49. The number of carbonyl (C=O) groups excluding carboxylic acids is 1. The second-order valence-corrected chi connectivity index (χ2v) is 4.35. The van der Waals surface area contributed by atoms with Crippen molar-refractivity contribution in [2.75, 3.05) is 6.61 Å². The largest absolute Gasteiger partial charge is 0.494 e. The van der Waals surface area contributed by atoms with Gasteiger partial charge in [-0.3, -0.25) is 9.59 Å². The van der Waals surface area contributed by atoms with Crippen molar-refractivity contribution < 1.29 is 19.4 Å². The van der Waals surface area contributed by atoms with Crippen LogP contribution in [0.2, 0.25) is 0 Å². The molecule has 0 aliphatic heterocycles. The molecular weight excluding hydrogens is 260 g/mol. The van der Waals surface area contributed by atoms with Gasteiger partial charge in [0.25, 0.3) is 0 Å². The van der Waals surface area contributed by atoms with Crippen molar-refractivity contribution in [3.05, 3.63) is 29.8 Å². The quantitative estimate of drug-likeness (QED) is 0.623. The molecule has 0 radical (unpaired) electrons. The third-order valence-electron chi connectivity index (χ3n) is 2.76. The number of nitrogens with two attached hydrogens (primary N) is 1. The van der Waals surface area contributed by atoms with Gasteiger partial charge >= 0.3 is 5.97 Å². The highest BCUT2D eigenvalue weighted by Crippen LogP contribution is 2.12. The molecule has 1 rings (SSSR count). The smallest absolute Gasteiger partial charge is 0.320 e. The number of ether oxygens (including phenoxy) is 1. The van der Waals surface area contributed by atoms with Crippen molar-refractivity contribution in [3.8, 4) is 5.75 Å². The third-order valence-corrected chi connectivity index (χ3v) is 2.76. The van der Waals surface area contributed by atoms with Gasteiger partial charge in [0, 0.05) is 13.0 Å². The van der Waals surface area contributed by atoms with Gasteiger partial charge < -0.3 is 20.9 Å². The van der Waals surface area contributed by atoms with E-state index in [1.165, 1.54) is 0 Å². The molecule has 0 spiro atoms. The Hall–Kier alpha value is -2.08. The van der Waals surface area contributed by atoms with Crippen LogP contribution in [-0.2, 0) is 16.1 Å². The molecule has 0 bridgehead atoms. The number of carboxylic acid groups (broad SMARTS) is 1. The first-order valence-electron chi connectivity index (χ1n) is 6.49. The van der Waals surface area contributed by atoms with Crippen molar-refractivity contribution >= 4 is 11.9 Å². The fraction of sp³-hybridized carbons (Fsp3) is 0.429. The lowest BCUT2D eigenvalue weighted by atomic mass is 10.1. The monoisotopic (exact) mass is 280 g/mol. The number of hydrogen-bond donors (Lipinski definition) is 3. The van der Waals surface area contributed by atoms with Gasteiger partial charge in [0.2, 0.25) is 5.91 Å². The number of aliphatic carboxylic acids is 1. The lowest BCUT2D eigenvalue weighted by Gasteiger charge is -2.14. The van der Waals surface area contributed by atoms with Gasteiger partial charge in [-0.05, 0) is 31.0 Å².